The Bertz CT molecular complexity index is 637. The highest BCUT2D eigenvalue weighted by molar-refractivity contribution is 7.89. The molecule has 0 aromatic heterocycles. The van der Waals surface area contributed by atoms with Gasteiger partial charge in [0, 0.05) is 18.0 Å². The molecule has 108 valence electrons. The number of nitrogens with one attached hydrogen (secondary N) is 1. The van der Waals surface area contributed by atoms with E-state index in [1.54, 1.807) is 18.2 Å². The largest absolute Gasteiger partial charge is 0.395 e. The van der Waals surface area contributed by atoms with Crippen molar-refractivity contribution >= 4 is 10.0 Å². The molecular weight excluding hydrogens is 274 g/mol. The smallest absolute Gasteiger partial charge is 0.240 e. The Hall–Kier alpha value is -1.35. The molecular formula is C15H19NO3S. The second-order valence-electron chi connectivity index (χ2n) is 5.00. The van der Waals surface area contributed by atoms with Gasteiger partial charge in [-0.3, -0.25) is 0 Å². The molecule has 0 amide bonds. The van der Waals surface area contributed by atoms with E-state index in [-0.39, 0.29) is 17.5 Å². The second kappa shape index (κ2) is 6.40. The van der Waals surface area contributed by atoms with Gasteiger partial charge in [-0.05, 0) is 43.5 Å². The summed E-state index contributed by atoms with van der Waals surface area (Å²) in [5.41, 5.74) is 1.62. The van der Waals surface area contributed by atoms with E-state index in [0.717, 1.165) is 30.4 Å². The van der Waals surface area contributed by atoms with Crippen molar-refractivity contribution in [3.8, 4) is 11.8 Å². The van der Waals surface area contributed by atoms with Gasteiger partial charge >= 0.3 is 0 Å². The molecule has 0 saturated heterocycles. The number of hydrogen-bond donors (Lipinski definition) is 2. The normalized spacial score (nSPS) is 15.3. The number of hydrogen-bond acceptors (Lipinski definition) is 3. The number of aliphatic hydroxyl groups excluding tert-OH is 1. The van der Waals surface area contributed by atoms with E-state index in [2.05, 4.69) is 16.6 Å². The van der Waals surface area contributed by atoms with Gasteiger partial charge in [-0.25, -0.2) is 13.1 Å². The fraction of sp³-hybridized carbons (Fsp3) is 0.467. The molecule has 0 unspecified atom stereocenters. The van der Waals surface area contributed by atoms with E-state index in [1.165, 1.54) is 0 Å². The molecule has 0 atom stereocenters. The molecule has 1 aliphatic rings. The van der Waals surface area contributed by atoms with E-state index in [0.29, 0.717) is 6.42 Å². The van der Waals surface area contributed by atoms with Crippen LogP contribution in [0.25, 0.3) is 0 Å². The van der Waals surface area contributed by atoms with Crippen LogP contribution in [0.1, 0.15) is 36.8 Å². The minimum absolute atomic E-state index is 0.0316. The van der Waals surface area contributed by atoms with Crippen LogP contribution >= 0.6 is 0 Å². The first-order chi connectivity index (χ1) is 9.53. The van der Waals surface area contributed by atoms with Crippen LogP contribution in [0.2, 0.25) is 0 Å². The molecule has 0 aliphatic heterocycles. The van der Waals surface area contributed by atoms with Gasteiger partial charge in [-0.15, -0.1) is 0 Å². The molecule has 1 aliphatic carbocycles. The van der Waals surface area contributed by atoms with Crippen LogP contribution in [0, 0.1) is 18.8 Å². The van der Waals surface area contributed by atoms with Gasteiger partial charge in [0.25, 0.3) is 0 Å². The Kier molecular flexibility index (Phi) is 4.81. The van der Waals surface area contributed by atoms with Gasteiger partial charge in [-0.2, -0.15) is 0 Å². The predicted octanol–water partition coefficient (Wildman–Crippen LogP) is 1.56. The van der Waals surface area contributed by atoms with Gasteiger partial charge in [0.1, 0.15) is 0 Å². The highest BCUT2D eigenvalue weighted by Gasteiger charge is 2.24. The maximum Gasteiger partial charge on any atom is 0.240 e. The van der Waals surface area contributed by atoms with Crippen LogP contribution in [-0.2, 0) is 10.0 Å². The highest BCUT2D eigenvalue weighted by atomic mass is 32.2. The summed E-state index contributed by atoms with van der Waals surface area (Å²) in [6.45, 7) is 1.87. The maximum absolute atomic E-state index is 12.2. The van der Waals surface area contributed by atoms with Gasteiger partial charge < -0.3 is 5.11 Å². The first-order valence-corrected chi connectivity index (χ1v) is 8.24. The lowest BCUT2D eigenvalue weighted by atomic mass is 9.94. The summed E-state index contributed by atoms with van der Waals surface area (Å²) in [5, 5.41) is 8.69. The highest BCUT2D eigenvalue weighted by Crippen LogP contribution is 2.22. The minimum Gasteiger partial charge on any atom is -0.395 e. The molecule has 1 fully saturated rings. The number of sulfonamides is 1. The minimum atomic E-state index is -3.42. The lowest BCUT2D eigenvalue weighted by molar-refractivity contribution is 0.305. The molecule has 4 nitrogen and oxygen atoms in total. The molecule has 5 heteroatoms. The average Bonchev–Trinajstić information content (AvgIpc) is 2.36. The van der Waals surface area contributed by atoms with E-state index >= 15 is 0 Å². The molecule has 2 rings (SSSR count). The Morgan fingerprint density at radius 2 is 2.15 bits per heavy atom. The Morgan fingerprint density at radius 1 is 1.40 bits per heavy atom. The van der Waals surface area contributed by atoms with E-state index in [4.69, 9.17) is 5.11 Å². The second-order valence-corrected chi connectivity index (χ2v) is 6.72. The third-order valence-electron chi connectivity index (χ3n) is 3.40. The number of benzene rings is 1. The van der Waals surface area contributed by atoms with Gasteiger partial charge in [0.2, 0.25) is 10.0 Å². The summed E-state index contributed by atoms with van der Waals surface area (Å²) in [6.07, 6.45) is 3.35. The molecule has 0 bridgehead atoms. The Morgan fingerprint density at radius 3 is 2.70 bits per heavy atom. The first-order valence-electron chi connectivity index (χ1n) is 6.75. The van der Waals surface area contributed by atoms with E-state index < -0.39 is 10.0 Å². The lowest BCUT2D eigenvalue weighted by Gasteiger charge is -2.26. The molecule has 0 spiro atoms. The lowest BCUT2D eigenvalue weighted by Crippen LogP contribution is -2.39. The molecule has 1 aromatic rings. The van der Waals surface area contributed by atoms with Crippen molar-refractivity contribution < 1.29 is 13.5 Å². The van der Waals surface area contributed by atoms with Crippen molar-refractivity contribution in [1.29, 1.82) is 0 Å². The Labute approximate surface area is 120 Å². The molecule has 0 radical (unpaired) electrons. The zero-order chi connectivity index (χ0) is 14.6. The number of aryl methyl sites for hydroxylation is 1. The van der Waals surface area contributed by atoms with Crippen molar-refractivity contribution in [3.05, 3.63) is 29.3 Å². The SMILES string of the molecule is Cc1cc(S(=O)(=O)NC2CCC2)ccc1C#CCCO. The van der Waals surface area contributed by atoms with Crippen molar-refractivity contribution in [2.24, 2.45) is 0 Å². The molecule has 0 heterocycles. The van der Waals surface area contributed by atoms with Crippen LogP contribution in [0.5, 0.6) is 0 Å². The van der Waals surface area contributed by atoms with Crippen LogP contribution in [0.15, 0.2) is 23.1 Å². The van der Waals surface area contributed by atoms with Crippen molar-refractivity contribution in [1.82, 2.24) is 4.72 Å². The van der Waals surface area contributed by atoms with Crippen LogP contribution in [0.4, 0.5) is 0 Å². The van der Waals surface area contributed by atoms with Crippen LogP contribution in [0.3, 0.4) is 0 Å². The van der Waals surface area contributed by atoms with Crippen LogP contribution < -0.4 is 4.72 Å². The zero-order valence-corrected chi connectivity index (χ0v) is 12.3. The average molecular weight is 293 g/mol. The topological polar surface area (TPSA) is 66.4 Å². The summed E-state index contributed by atoms with van der Waals surface area (Å²) in [5.74, 6) is 5.77. The number of aliphatic hydroxyl groups is 1. The fourth-order valence-corrected chi connectivity index (χ4v) is 3.36. The summed E-state index contributed by atoms with van der Waals surface area (Å²) in [4.78, 5) is 0.287. The molecule has 1 aromatic carbocycles. The van der Waals surface area contributed by atoms with Crippen molar-refractivity contribution in [2.45, 2.75) is 43.5 Å². The van der Waals surface area contributed by atoms with Gasteiger partial charge in [-0.1, -0.05) is 18.3 Å². The van der Waals surface area contributed by atoms with Gasteiger partial charge in [0.05, 0.1) is 11.5 Å². The summed E-state index contributed by atoms with van der Waals surface area (Å²) >= 11 is 0. The third-order valence-corrected chi connectivity index (χ3v) is 4.91. The summed E-state index contributed by atoms with van der Waals surface area (Å²) < 4.78 is 27.1. The van der Waals surface area contributed by atoms with Gasteiger partial charge in [0.15, 0.2) is 0 Å². The molecule has 2 N–H and O–H groups in total. The number of rotatable bonds is 4. The predicted molar refractivity (Wildman–Crippen MR) is 77.7 cm³/mol. The van der Waals surface area contributed by atoms with E-state index in [9.17, 15) is 8.42 Å². The first kappa shape index (κ1) is 15.0. The monoisotopic (exact) mass is 293 g/mol. The third kappa shape index (κ3) is 3.60. The van der Waals surface area contributed by atoms with Crippen LogP contribution in [-0.4, -0.2) is 26.2 Å². The zero-order valence-electron chi connectivity index (χ0n) is 11.5. The maximum atomic E-state index is 12.2. The summed E-state index contributed by atoms with van der Waals surface area (Å²) in [6, 6.07) is 5.03. The fourth-order valence-electron chi connectivity index (χ4n) is 1.97. The van der Waals surface area contributed by atoms with E-state index in [1.807, 2.05) is 6.92 Å². The quantitative estimate of drug-likeness (QED) is 0.828. The summed E-state index contributed by atoms with van der Waals surface area (Å²) in [7, 11) is -3.42. The van der Waals surface area contributed by atoms with Crippen molar-refractivity contribution in [3.63, 3.8) is 0 Å². The van der Waals surface area contributed by atoms with Crippen molar-refractivity contribution in [2.75, 3.05) is 6.61 Å². The standard InChI is InChI=1S/C15H19NO3S/c1-12-11-15(9-8-13(12)5-2-3-10-17)20(18,19)16-14-6-4-7-14/h8-9,11,14,16-17H,3-4,6-7,10H2,1H3. The Balaban J connectivity index is 2.18. The molecule has 1 saturated carbocycles. The molecule has 20 heavy (non-hydrogen) atoms.